The predicted octanol–water partition coefficient (Wildman–Crippen LogP) is 2.91. The quantitative estimate of drug-likeness (QED) is 0.902. The zero-order valence-corrected chi connectivity index (χ0v) is 11.7. The molecule has 1 saturated carbocycles. The summed E-state index contributed by atoms with van der Waals surface area (Å²) >= 11 is 0. The molecule has 116 valence electrons. The van der Waals surface area contributed by atoms with Crippen molar-refractivity contribution in [2.75, 3.05) is 18.9 Å². The molecule has 0 saturated heterocycles. The maximum Gasteiger partial charge on any atom is 0.416 e. The largest absolute Gasteiger partial charge is 0.416 e. The van der Waals surface area contributed by atoms with Gasteiger partial charge in [-0.1, -0.05) is 0 Å². The van der Waals surface area contributed by atoms with Crippen molar-refractivity contribution < 1.29 is 18.0 Å². The van der Waals surface area contributed by atoms with Gasteiger partial charge in [-0.05, 0) is 43.0 Å². The molecule has 0 aliphatic heterocycles. The van der Waals surface area contributed by atoms with E-state index in [9.17, 15) is 18.0 Å². The minimum Gasteiger partial charge on any atom is -0.328 e. The van der Waals surface area contributed by atoms with E-state index >= 15 is 0 Å². The van der Waals surface area contributed by atoms with Gasteiger partial charge < -0.3 is 16.0 Å². The molecule has 2 amide bonds. The molecule has 0 spiro atoms. The third-order valence-corrected chi connectivity index (χ3v) is 3.61. The number of carbonyl (C=O) groups excluding carboxylic acids is 1. The topological polar surface area (TPSA) is 58.4 Å². The number of nitrogens with two attached hydrogens (primary N) is 1. The van der Waals surface area contributed by atoms with E-state index in [-0.39, 0.29) is 12.1 Å². The summed E-state index contributed by atoms with van der Waals surface area (Å²) in [5, 5.41) is 2.57. The molecule has 2 rings (SSSR count). The van der Waals surface area contributed by atoms with Crippen molar-refractivity contribution >= 4 is 11.7 Å². The smallest absolute Gasteiger partial charge is 0.328 e. The van der Waals surface area contributed by atoms with E-state index < -0.39 is 11.7 Å². The summed E-state index contributed by atoms with van der Waals surface area (Å²) in [7, 11) is 1.66. The number of hydrogen-bond donors (Lipinski definition) is 2. The fourth-order valence-corrected chi connectivity index (χ4v) is 2.37. The van der Waals surface area contributed by atoms with Crippen molar-refractivity contribution in [1.29, 1.82) is 0 Å². The number of nitrogens with zero attached hydrogens (tertiary/aromatic N) is 1. The SMILES string of the molecule is CN(CC1CC(N)C1)C(=O)Nc1ccc(C(F)(F)F)cc1. The number of halogens is 3. The number of hydrogen-bond acceptors (Lipinski definition) is 2. The predicted molar refractivity (Wildman–Crippen MR) is 73.8 cm³/mol. The molecule has 0 radical (unpaired) electrons. The van der Waals surface area contributed by atoms with E-state index in [1.54, 1.807) is 7.05 Å². The van der Waals surface area contributed by atoms with Gasteiger partial charge in [-0.2, -0.15) is 13.2 Å². The highest BCUT2D eigenvalue weighted by atomic mass is 19.4. The van der Waals surface area contributed by atoms with Gasteiger partial charge in [0, 0.05) is 25.3 Å². The lowest BCUT2D eigenvalue weighted by molar-refractivity contribution is -0.137. The van der Waals surface area contributed by atoms with E-state index in [4.69, 9.17) is 5.73 Å². The van der Waals surface area contributed by atoms with Crippen molar-refractivity contribution in [2.24, 2.45) is 11.7 Å². The summed E-state index contributed by atoms with van der Waals surface area (Å²) in [6.45, 7) is 0.597. The van der Waals surface area contributed by atoms with Gasteiger partial charge in [0.15, 0.2) is 0 Å². The number of nitrogens with one attached hydrogen (secondary N) is 1. The molecule has 1 aromatic carbocycles. The molecule has 0 aromatic heterocycles. The molecule has 4 nitrogen and oxygen atoms in total. The monoisotopic (exact) mass is 301 g/mol. The average molecular weight is 301 g/mol. The van der Waals surface area contributed by atoms with Gasteiger partial charge in [0.05, 0.1) is 5.56 Å². The number of anilines is 1. The molecular weight excluding hydrogens is 283 g/mol. The van der Waals surface area contributed by atoms with Crippen LogP contribution >= 0.6 is 0 Å². The van der Waals surface area contributed by atoms with Crippen LogP contribution in [0.25, 0.3) is 0 Å². The lowest BCUT2D eigenvalue weighted by Crippen LogP contribution is -2.44. The Hall–Kier alpha value is -1.76. The van der Waals surface area contributed by atoms with Gasteiger partial charge in [-0.25, -0.2) is 4.79 Å². The number of amides is 2. The summed E-state index contributed by atoms with van der Waals surface area (Å²) in [6, 6.07) is 4.26. The van der Waals surface area contributed by atoms with Crippen LogP contribution in [-0.4, -0.2) is 30.6 Å². The summed E-state index contributed by atoms with van der Waals surface area (Å²) in [4.78, 5) is 13.4. The fourth-order valence-electron chi connectivity index (χ4n) is 2.37. The molecule has 1 aliphatic carbocycles. The Kier molecular flexibility index (Phi) is 4.41. The molecule has 1 fully saturated rings. The molecule has 0 atom stereocenters. The lowest BCUT2D eigenvalue weighted by Gasteiger charge is -2.35. The van der Waals surface area contributed by atoms with Crippen molar-refractivity contribution in [2.45, 2.75) is 25.1 Å². The number of urea groups is 1. The average Bonchev–Trinajstić information content (AvgIpc) is 2.36. The Morgan fingerprint density at radius 1 is 1.33 bits per heavy atom. The molecular formula is C14H18F3N3O. The first-order valence-electron chi connectivity index (χ1n) is 6.70. The molecule has 7 heteroatoms. The first-order chi connectivity index (χ1) is 9.75. The van der Waals surface area contributed by atoms with Crippen LogP contribution in [0.3, 0.4) is 0 Å². The van der Waals surface area contributed by atoms with Crippen LogP contribution in [0, 0.1) is 5.92 Å². The van der Waals surface area contributed by atoms with Gasteiger partial charge in [0.2, 0.25) is 0 Å². The number of alkyl halides is 3. The van der Waals surface area contributed by atoms with Crippen molar-refractivity contribution in [3.05, 3.63) is 29.8 Å². The van der Waals surface area contributed by atoms with E-state index in [2.05, 4.69) is 5.32 Å². The Morgan fingerprint density at radius 3 is 2.38 bits per heavy atom. The lowest BCUT2D eigenvalue weighted by atomic mass is 9.81. The maximum absolute atomic E-state index is 12.4. The van der Waals surface area contributed by atoms with Crippen molar-refractivity contribution in [3.63, 3.8) is 0 Å². The van der Waals surface area contributed by atoms with Crippen LogP contribution in [0.1, 0.15) is 18.4 Å². The summed E-state index contributed by atoms with van der Waals surface area (Å²) in [5.41, 5.74) is 5.28. The molecule has 1 aliphatic rings. The third kappa shape index (κ3) is 4.10. The minimum absolute atomic E-state index is 0.223. The second-order valence-electron chi connectivity index (χ2n) is 5.48. The van der Waals surface area contributed by atoms with Crippen LogP contribution in [0.15, 0.2) is 24.3 Å². The third-order valence-electron chi connectivity index (χ3n) is 3.61. The zero-order chi connectivity index (χ0) is 15.6. The Balaban J connectivity index is 1.87. The van der Waals surface area contributed by atoms with Gasteiger partial charge in [-0.15, -0.1) is 0 Å². The highest BCUT2D eigenvalue weighted by Crippen LogP contribution is 2.30. The van der Waals surface area contributed by atoms with E-state index in [0.717, 1.165) is 25.0 Å². The van der Waals surface area contributed by atoms with E-state index in [1.165, 1.54) is 17.0 Å². The molecule has 0 unspecified atom stereocenters. The molecule has 3 N–H and O–H groups in total. The van der Waals surface area contributed by atoms with Crippen LogP contribution < -0.4 is 11.1 Å². The number of carbonyl (C=O) groups is 1. The first-order valence-corrected chi connectivity index (χ1v) is 6.70. The standard InChI is InChI=1S/C14H18F3N3O/c1-20(8-9-6-11(18)7-9)13(21)19-12-4-2-10(3-5-12)14(15,16)17/h2-5,9,11H,6-8,18H2,1H3,(H,19,21). The maximum atomic E-state index is 12.4. The Bertz CT molecular complexity index is 495. The number of benzene rings is 1. The van der Waals surface area contributed by atoms with Crippen LogP contribution in [0.2, 0.25) is 0 Å². The molecule has 0 bridgehead atoms. The molecule has 1 aromatic rings. The summed E-state index contributed by atoms with van der Waals surface area (Å²) < 4.78 is 37.3. The normalized spacial score (nSPS) is 21.6. The van der Waals surface area contributed by atoms with Gasteiger partial charge in [0.1, 0.15) is 0 Å². The number of rotatable bonds is 3. The zero-order valence-electron chi connectivity index (χ0n) is 11.7. The highest BCUT2D eigenvalue weighted by molar-refractivity contribution is 5.89. The van der Waals surface area contributed by atoms with E-state index in [0.29, 0.717) is 18.2 Å². The molecule has 21 heavy (non-hydrogen) atoms. The molecule has 0 heterocycles. The second kappa shape index (κ2) is 5.93. The van der Waals surface area contributed by atoms with E-state index in [1.807, 2.05) is 0 Å². The summed E-state index contributed by atoms with van der Waals surface area (Å²) in [6.07, 6.45) is -2.57. The Morgan fingerprint density at radius 2 is 1.90 bits per heavy atom. The van der Waals surface area contributed by atoms with Crippen LogP contribution in [0.5, 0.6) is 0 Å². The highest BCUT2D eigenvalue weighted by Gasteiger charge is 2.30. The van der Waals surface area contributed by atoms with Crippen LogP contribution in [0.4, 0.5) is 23.7 Å². The van der Waals surface area contributed by atoms with Gasteiger partial charge >= 0.3 is 12.2 Å². The van der Waals surface area contributed by atoms with Crippen molar-refractivity contribution in [3.8, 4) is 0 Å². The fraction of sp³-hybridized carbons (Fsp3) is 0.500. The first kappa shape index (κ1) is 15.6. The second-order valence-corrected chi connectivity index (χ2v) is 5.48. The Labute approximate surface area is 121 Å². The van der Waals surface area contributed by atoms with Crippen molar-refractivity contribution in [1.82, 2.24) is 4.90 Å². The summed E-state index contributed by atoms with van der Waals surface area (Å²) in [5.74, 6) is 0.406. The minimum atomic E-state index is -4.37. The van der Waals surface area contributed by atoms with Gasteiger partial charge in [-0.3, -0.25) is 0 Å². The van der Waals surface area contributed by atoms with Gasteiger partial charge in [0.25, 0.3) is 0 Å². The van der Waals surface area contributed by atoms with Crippen LogP contribution in [-0.2, 0) is 6.18 Å².